The van der Waals surface area contributed by atoms with Crippen molar-refractivity contribution in [1.29, 1.82) is 0 Å². The standard InChI is InChI=1S/C12H20N2O3/c1-2-9(6-11(15)16)13-12(17)14-7-8-3-4-10(14)5-8/h8-10H,2-7H2,1H3,(H,13,17)(H,15,16). The minimum Gasteiger partial charge on any atom is -0.481 e. The lowest BCUT2D eigenvalue weighted by Crippen LogP contribution is -2.48. The molecular weight excluding hydrogens is 220 g/mol. The lowest BCUT2D eigenvalue weighted by Gasteiger charge is -2.29. The Morgan fingerprint density at radius 2 is 2.24 bits per heavy atom. The molecule has 17 heavy (non-hydrogen) atoms. The van der Waals surface area contributed by atoms with E-state index >= 15 is 0 Å². The third-order valence-electron chi connectivity index (χ3n) is 3.91. The maximum Gasteiger partial charge on any atom is 0.317 e. The predicted octanol–water partition coefficient (Wildman–Crippen LogP) is 1.43. The molecule has 2 fully saturated rings. The Bertz CT molecular complexity index is 319. The number of piperidine rings is 1. The molecule has 2 N–H and O–H groups in total. The average molecular weight is 240 g/mol. The molecular formula is C12H20N2O3. The first-order chi connectivity index (χ1) is 8.10. The molecule has 1 heterocycles. The van der Waals surface area contributed by atoms with Gasteiger partial charge in [0.2, 0.25) is 0 Å². The van der Waals surface area contributed by atoms with Gasteiger partial charge in [-0.05, 0) is 31.6 Å². The van der Waals surface area contributed by atoms with E-state index in [4.69, 9.17) is 5.11 Å². The molecule has 0 radical (unpaired) electrons. The van der Waals surface area contributed by atoms with Gasteiger partial charge in [0, 0.05) is 18.6 Å². The van der Waals surface area contributed by atoms with Crippen LogP contribution >= 0.6 is 0 Å². The number of aliphatic carboxylic acids is 1. The summed E-state index contributed by atoms with van der Waals surface area (Å²) < 4.78 is 0. The van der Waals surface area contributed by atoms with Gasteiger partial charge in [-0.3, -0.25) is 4.79 Å². The number of urea groups is 1. The Kier molecular flexibility index (Phi) is 3.54. The number of rotatable bonds is 4. The van der Waals surface area contributed by atoms with Gasteiger partial charge >= 0.3 is 12.0 Å². The number of fused-ring (bicyclic) bond motifs is 2. The number of hydrogen-bond donors (Lipinski definition) is 2. The van der Waals surface area contributed by atoms with E-state index in [2.05, 4.69) is 5.32 Å². The van der Waals surface area contributed by atoms with Gasteiger partial charge in [-0.25, -0.2) is 4.79 Å². The molecule has 2 amide bonds. The Labute approximate surface area is 101 Å². The number of carbonyl (C=O) groups excluding carboxylic acids is 1. The molecule has 0 aromatic rings. The van der Waals surface area contributed by atoms with Crippen LogP contribution in [-0.2, 0) is 4.79 Å². The molecule has 3 atom stereocenters. The number of carbonyl (C=O) groups is 2. The summed E-state index contributed by atoms with van der Waals surface area (Å²) in [5.41, 5.74) is 0. The maximum atomic E-state index is 12.0. The van der Waals surface area contributed by atoms with Crippen LogP contribution in [0.4, 0.5) is 4.79 Å². The van der Waals surface area contributed by atoms with E-state index in [0.29, 0.717) is 18.4 Å². The van der Waals surface area contributed by atoms with Crippen LogP contribution in [-0.4, -0.2) is 40.6 Å². The highest BCUT2D eigenvalue weighted by Gasteiger charge is 2.40. The van der Waals surface area contributed by atoms with Gasteiger partial charge in [0.15, 0.2) is 0 Å². The van der Waals surface area contributed by atoms with Crippen molar-refractivity contribution < 1.29 is 14.7 Å². The molecule has 96 valence electrons. The van der Waals surface area contributed by atoms with Crippen molar-refractivity contribution in [1.82, 2.24) is 10.2 Å². The van der Waals surface area contributed by atoms with Gasteiger partial charge in [0.05, 0.1) is 6.42 Å². The highest BCUT2D eigenvalue weighted by atomic mass is 16.4. The number of nitrogens with one attached hydrogen (secondary N) is 1. The van der Waals surface area contributed by atoms with Crippen LogP contribution in [0.25, 0.3) is 0 Å². The third kappa shape index (κ3) is 2.70. The van der Waals surface area contributed by atoms with Crippen LogP contribution in [0.3, 0.4) is 0 Å². The highest BCUT2D eigenvalue weighted by Crippen LogP contribution is 2.37. The van der Waals surface area contributed by atoms with Gasteiger partial charge in [0.1, 0.15) is 0 Å². The van der Waals surface area contributed by atoms with E-state index in [-0.39, 0.29) is 18.5 Å². The largest absolute Gasteiger partial charge is 0.481 e. The van der Waals surface area contributed by atoms with E-state index in [9.17, 15) is 9.59 Å². The summed E-state index contributed by atoms with van der Waals surface area (Å²) in [7, 11) is 0. The minimum absolute atomic E-state index is 0.00414. The Morgan fingerprint density at radius 3 is 2.71 bits per heavy atom. The van der Waals surface area contributed by atoms with Gasteiger partial charge in [-0.2, -0.15) is 0 Å². The molecule has 2 rings (SSSR count). The van der Waals surface area contributed by atoms with E-state index in [1.54, 1.807) is 0 Å². The zero-order chi connectivity index (χ0) is 12.4. The second-order valence-corrected chi connectivity index (χ2v) is 5.14. The van der Waals surface area contributed by atoms with Crippen molar-refractivity contribution in [2.75, 3.05) is 6.54 Å². The lowest BCUT2D eigenvalue weighted by molar-refractivity contribution is -0.137. The summed E-state index contributed by atoms with van der Waals surface area (Å²) in [6.07, 6.45) is 4.13. The minimum atomic E-state index is -0.861. The number of likely N-dealkylation sites (tertiary alicyclic amines) is 1. The average Bonchev–Trinajstić information content (AvgIpc) is 2.88. The second-order valence-electron chi connectivity index (χ2n) is 5.14. The van der Waals surface area contributed by atoms with Crippen LogP contribution in [0.5, 0.6) is 0 Å². The van der Waals surface area contributed by atoms with Crippen LogP contribution in [0.2, 0.25) is 0 Å². The lowest BCUT2D eigenvalue weighted by atomic mass is 10.1. The first-order valence-corrected chi connectivity index (χ1v) is 6.39. The maximum absolute atomic E-state index is 12.0. The van der Waals surface area contributed by atoms with Crippen molar-refractivity contribution in [2.24, 2.45) is 5.92 Å². The Morgan fingerprint density at radius 1 is 1.47 bits per heavy atom. The molecule has 1 aliphatic heterocycles. The zero-order valence-corrected chi connectivity index (χ0v) is 10.2. The Hall–Kier alpha value is -1.26. The molecule has 0 aromatic carbocycles. The molecule has 1 aliphatic carbocycles. The first kappa shape index (κ1) is 12.2. The van der Waals surface area contributed by atoms with Crippen molar-refractivity contribution in [3.8, 4) is 0 Å². The van der Waals surface area contributed by atoms with Crippen LogP contribution < -0.4 is 5.32 Å². The quantitative estimate of drug-likeness (QED) is 0.781. The van der Waals surface area contributed by atoms with E-state index < -0.39 is 5.97 Å². The molecule has 3 unspecified atom stereocenters. The van der Waals surface area contributed by atoms with Crippen LogP contribution in [0, 0.1) is 5.92 Å². The fourth-order valence-electron chi connectivity index (χ4n) is 2.94. The molecule has 0 aromatic heterocycles. The normalized spacial score (nSPS) is 28.2. The van der Waals surface area contributed by atoms with Crippen molar-refractivity contribution in [3.63, 3.8) is 0 Å². The first-order valence-electron chi connectivity index (χ1n) is 6.39. The monoisotopic (exact) mass is 240 g/mol. The number of carboxylic acids is 1. The van der Waals surface area contributed by atoms with Gasteiger partial charge in [-0.15, -0.1) is 0 Å². The number of amides is 2. The number of nitrogens with zero attached hydrogens (tertiary/aromatic N) is 1. The summed E-state index contributed by atoms with van der Waals surface area (Å²) >= 11 is 0. The van der Waals surface area contributed by atoms with Gasteiger partial charge in [-0.1, -0.05) is 6.92 Å². The molecule has 0 spiro atoms. The Balaban J connectivity index is 1.85. The van der Waals surface area contributed by atoms with Crippen molar-refractivity contribution in [2.45, 2.75) is 51.1 Å². The molecule has 5 heteroatoms. The third-order valence-corrected chi connectivity index (χ3v) is 3.91. The van der Waals surface area contributed by atoms with Crippen molar-refractivity contribution >= 4 is 12.0 Å². The summed E-state index contributed by atoms with van der Waals surface area (Å²) in [5, 5.41) is 11.6. The molecule has 2 bridgehead atoms. The molecule has 1 saturated heterocycles. The molecule has 2 aliphatic rings. The molecule has 1 saturated carbocycles. The molecule has 5 nitrogen and oxygen atoms in total. The van der Waals surface area contributed by atoms with Gasteiger partial charge < -0.3 is 15.3 Å². The summed E-state index contributed by atoms with van der Waals surface area (Å²) in [5.74, 6) is -0.189. The van der Waals surface area contributed by atoms with Crippen LogP contribution in [0.1, 0.15) is 39.0 Å². The van der Waals surface area contributed by atoms with Crippen molar-refractivity contribution in [3.05, 3.63) is 0 Å². The topological polar surface area (TPSA) is 69.6 Å². The van der Waals surface area contributed by atoms with E-state index in [1.165, 1.54) is 6.42 Å². The number of hydrogen-bond acceptors (Lipinski definition) is 2. The summed E-state index contributed by atoms with van der Waals surface area (Å²) in [6, 6.07) is 0.0618. The fraction of sp³-hybridized carbons (Fsp3) is 0.833. The highest BCUT2D eigenvalue weighted by molar-refractivity contribution is 5.76. The second kappa shape index (κ2) is 4.94. The van der Waals surface area contributed by atoms with E-state index in [1.807, 2.05) is 11.8 Å². The zero-order valence-electron chi connectivity index (χ0n) is 10.2. The van der Waals surface area contributed by atoms with Crippen LogP contribution in [0.15, 0.2) is 0 Å². The smallest absolute Gasteiger partial charge is 0.317 e. The predicted molar refractivity (Wildman–Crippen MR) is 62.7 cm³/mol. The SMILES string of the molecule is CCC(CC(=O)O)NC(=O)N1CC2CCC1C2. The van der Waals surface area contributed by atoms with E-state index in [0.717, 1.165) is 19.4 Å². The fourth-order valence-corrected chi connectivity index (χ4v) is 2.94. The number of carboxylic acid groups (broad SMARTS) is 1. The summed E-state index contributed by atoms with van der Waals surface area (Å²) in [4.78, 5) is 24.5. The summed E-state index contributed by atoms with van der Waals surface area (Å²) in [6.45, 7) is 2.74. The van der Waals surface area contributed by atoms with Gasteiger partial charge in [0.25, 0.3) is 0 Å².